The van der Waals surface area contributed by atoms with Crippen LogP contribution in [0.5, 0.6) is 0 Å². The summed E-state index contributed by atoms with van der Waals surface area (Å²) in [5.74, 6) is -2.03. The van der Waals surface area contributed by atoms with Crippen molar-refractivity contribution in [2.24, 2.45) is 0 Å². The number of aliphatic carboxylic acids is 1. The fraction of sp³-hybridized carbons (Fsp3) is 0.900. The Balaban J connectivity index is 2.38. The Hall–Kier alpha value is -1.42. The van der Waals surface area contributed by atoms with E-state index < -0.39 is 91.4 Å². The van der Waals surface area contributed by atoms with Crippen LogP contribution in [0.2, 0.25) is 0 Å². The first-order valence-electron chi connectivity index (χ1n) is 10.7. The molecule has 10 unspecified atom stereocenters. The van der Waals surface area contributed by atoms with E-state index in [-0.39, 0.29) is 0 Å². The van der Waals surface area contributed by atoms with Crippen LogP contribution in [0.3, 0.4) is 0 Å². The average molecular weight is 481 g/mol. The summed E-state index contributed by atoms with van der Waals surface area (Å²) in [5.41, 5.74) is -1.58. The molecular formula is C20H35NO12. The number of ether oxygens (including phenoxy) is 4. The lowest BCUT2D eigenvalue weighted by atomic mass is 9.84. The summed E-state index contributed by atoms with van der Waals surface area (Å²) < 4.78 is 22.1. The Morgan fingerprint density at radius 1 is 1.06 bits per heavy atom. The van der Waals surface area contributed by atoms with E-state index in [4.69, 9.17) is 18.9 Å². The van der Waals surface area contributed by atoms with E-state index in [9.17, 15) is 40.2 Å². The Labute approximate surface area is 191 Å². The zero-order valence-electron chi connectivity index (χ0n) is 19.2. The molecule has 10 atom stereocenters. The first kappa shape index (κ1) is 27.8. The van der Waals surface area contributed by atoms with Gasteiger partial charge in [0.1, 0.15) is 42.7 Å². The lowest BCUT2D eigenvalue weighted by Gasteiger charge is -2.50. The highest BCUT2D eigenvalue weighted by Crippen LogP contribution is 2.33. The fourth-order valence-corrected chi connectivity index (χ4v) is 4.03. The molecule has 2 aliphatic rings. The third-order valence-corrected chi connectivity index (χ3v) is 5.47. The van der Waals surface area contributed by atoms with Crippen molar-refractivity contribution in [1.29, 1.82) is 0 Å². The minimum atomic E-state index is -1.79. The predicted molar refractivity (Wildman–Crippen MR) is 109 cm³/mol. The van der Waals surface area contributed by atoms with Crippen LogP contribution < -0.4 is 5.32 Å². The van der Waals surface area contributed by atoms with Gasteiger partial charge in [-0.05, 0) is 27.7 Å². The summed E-state index contributed by atoms with van der Waals surface area (Å²) in [6.07, 6.45) is -14.3. The maximum atomic E-state index is 11.8. The molecule has 2 saturated heterocycles. The monoisotopic (exact) mass is 481 g/mol. The number of carboxylic acids is 1. The third-order valence-electron chi connectivity index (χ3n) is 5.47. The number of rotatable bonds is 8. The molecule has 0 aromatic carbocycles. The number of amides is 1. The Morgan fingerprint density at radius 3 is 2.12 bits per heavy atom. The molecule has 0 aromatic rings. The van der Waals surface area contributed by atoms with Crippen LogP contribution in [0.1, 0.15) is 34.6 Å². The van der Waals surface area contributed by atoms with Crippen LogP contribution in [0.25, 0.3) is 0 Å². The van der Waals surface area contributed by atoms with Crippen molar-refractivity contribution in [3.8, 4) is 0 Å². The average Bonchev–Trinajstić information content (AvgIpc) is 2.68. The quantitative estimate of drug-likeness (QED) is 0.186. The van der Waals surface area contributed by atoms with Crippen LogP contribution in [0.15, 0.2) is 0 Å². The summed E-state index contributed by atoms with van der Waals surface area (Å²) in [5, 5.41) is 64.1. The highest BCUT2D eigenvalue weighted by molar-refractivity contribution is 5.74. The first-order valence-corrected chi connectivity index (χ1v) is 10.7. The number of hydrogen-bond donors (Lipinski definition) is 7. The van der Waals surface area contributed by atoms with Gasteiger partial charge in [0.2, 0.25) is 5.91 Å². The van der Waals surface area contributed by atoms with E-state index in [2.05, 4.69) is 5.32 Å². The Kier molecular flexibility index (Phi) is 9.18. The van der Waals surface area contributed by atoms with Gasteiger partial charge in [-0.3, -0.25) is 4.79 Å². The molecule has 0 aliphatic carbocycles. The van der Waals surface area contributed by atoms with Crippen molar-refractivity contribution >= 4 is 11.9 Å². The van der Waals surface area contributed by atoms with Crippen molar-refractivity contribution in [3.63, 3.8) is 0 Å². The molecule has 0 saturated carbocycles. The summed E-state index contributed by atoms with van der Waals surface area (Å²) in [7, 11) is 0. The third kappa shape index (κ3) is 6.38. The Morgan fingerprint density at radius 2 is 1.67 bits per heavy atom. The van der Waals surface area contributed by atoms with Gasteiger partial charge in [0, 0.05) is 6.92 Å². The van der Waals surface area contributed by atoms with Gasteiger partial charge in [0.05, 0.1) is 24.4 Å². The second-order valence-electron chi connectivity index (χ2n) is 9.14. The molecule has 13 heteroatoms. The molecule has 2 heterocycles. The van der Waals surface area contributed by atoms with Crippen LogP contribution >= 0.6 is 0 Å². The zero-order valence-corrected chi connectivity index (χ0v) is 19.2. The lowest BCUT2D eigenvalue weighted by molar-refractivity contribution is -0.336. The number of nitrogens with one attached hydrogen (secondary N) is 1. The lowest BCUT2D eigenvalue weighted by Crippen LogP contribution is -2.71. The molecule has 192 valence electrons. The molecule has 2 fully saturated rings. The zero-order chi connectivity index (χ0) is 25.2. The van der Waals surface area contributed by atoms with Gasteiger partial charge < -0.3 is 54.9 Å². The molecule has 2 rings (SSSR count). The predicted octanol–water partition coefficient (Wildman–Crippen LogP) is -2.91. The number of hydrogen-bond acceptors (Lipinski definition) is 11. The number of carbonyl (C=O) groups is 2. The van der Waals surface area contributed by atoms with Gasteiger partial charge in [0.25, 0.3) is 0 Å². The van der Waals surface area contributed by atoms with Gasteiger partial charge in [-0.2, -0.15) is 0 Å². The van der Waals surface area contributed by atoms with Gasteiger partial charge in [-0.15, -0.1) is 0 Å². The van der Waals surface area contributed by atoms with E-state index >= 15 is 0 Å². The van der Waals surface area contributed by atoms with Crippen molar-refractivity contribution in [2.45, 2.75) is 107 Å². The van der Waals surface area contributed by atoms with Crippen LogP contribution in [-0.2, 0) is 28.5 Å². The van der Waals surface area contributed by atoms with Crippen molar-refractivity contribution in [2.75, 3.05) is 6.61 Å². The van der Waals surface area contributed by atoms with Gasteiger partial charge in [-0.1, -0.05) is 0 Å². The van der Waals surface area contributed by atoms with E-state index in [1.54, 1.807) is 13.8 Å². The molecule has 13 nitrogen and oxygen atoms in total. The molecule has 2 aliphatic heterocycles. The first-order chi connectivity index (χ1) is 15.2. The topological polar surface area (TPSA) is 204 Å². The standard InChI is InChI=1S/C20H35NO12/c1-7(2)30-15-12(25)13(26)19(33-16(15)18(27)28)32-14-10(21-8(3)23)17(20(4,5)29)31-9(6-22)11(14)24/h7,9-17,19,22,24-26,29H,6H2,1-5H3,(H,21,23)(H,27,28). The van der Waals surface area contributed by atoms with Crippen LogP contribution in [0, 0.1) is 0 Å². The normalized spacial score (nSPS) is 40.0. The summed E-state index contributed by atoms with van der Waals surface area (Å²) >= 11 is 0. The van der Waals surface area contributed by atoms with Crippen molar-refractivity contribution in [3.05, 3.63) is 0 Å². The Bertz CT molecular complexity index is 682. The SMILES string of the molecule is CC(=O)NC1C(OC2OC(C(=O)O)C(OC(C)C)C(O)C2O)C(O)C(CO)OC1C(C)(C)O. The van der Waals surface area contributed by atoms with E-state index in [0.29, 0.717) is 0 Å². The number of carbonyl (C=O) groups excluding carboxylic acids is 1. The largest absolute Gasteiger partial charge is 0.479 e. The van der Waals surface area contributed by atoms with Gasteiger partial charge >= 0.3 is 5.97 Å². The second-order valence-corrected chi connectivity index (χ2v) is 9.14. The molecule has 1 amide bonds. The van der Waals surface area contributed by atoms with Gasteiger partial charge in [0.15, 0.2) is 12.4 Å². The minimum absolute atomic E-state index is 0.487. The maximum absolute atomic E-state index is 11.8. The van der Waals surface area contributed by atoms with Gasteiger partial charge in [-0.25, -0.2) is 4.79 Å². The summed E-state index contributed by atoms with van der Waals surface area (Å²) in [6, 6.07) is -1.19. The second kappa shape index (κ2) is 10.9. The van der Waals surface area contributed by atoms with Crippen LogP contribution in [-0.4, -0.2) is 122 Å². The number of aliphatic hydroxyl groups is 5. The molecule has 7 N–H and O–H groups in total. The van der Waals surface area contributed by atoms with E-state index in [0.717, 1.165) is 0 Å². The summed E-state index contributed by atoms with van der Waals surface area (Å²) in [4.78, 5) is 23.6. The number of aliphatic hydroxyl groups excluding tert-OH is 4. The molecule has 0 spiro atoms. The summed E-state index contributed by atoms with van der Waals surface area (Å²) in [6.45, 7) is 6.53. The number of carboxylic acid groups (broad SMARTS) is 1. The highest BCUT2D eigenvalue weighted by atomic mass is 16.7. The fourth-order valence-electron chi connectivity index (χ4n) is 4.03. The van der Waals surface area contributed by atoms with Crippen molar-refractivity contribution in [1.82, 2.24) is 5.32 Å². The van der Waals surface area contributed by atoms with Crippen LogP contribution in [0.4, 0.5) is 0 Å². The molecule has 0 bridgehead atoms. The van der Waals surface area contributed by atoms with Crippen molar-refractivity contribution < 1.29 is 59.2 Å². The molecule has 33 heavy (non-hydrogen) atoms. The van der Waals surface area contributed by atoms with E-state index in [1.165, 1.54) is 20.8 Å². The highest BCUT2D eigenvalue weighted by Gasteiger charge is 2.55. The molecular weight excluding hydrogens is 446 g/mol. The smallest absolute Gasteiger partial charge is 0.335 e. The van der Waals surface area contributed by atoms with E-state index in [1.807, 2.05) is 0 Å². The molecule has 0 aromatic heterocycles. The minimum Gasteiger partial charge on any atom is -0.479 e. The maximum Gasteiger partial charge on any atom is 0.335 e. The molecule has 0 radical (unpaired) electrons.